The zero-order chi connectivity index (χ0) is 72.5. The maximum Gasteiger partial charge on any atom is 0.0849 e. The molecule has 0 bridgehead atoms. The highest BCUT2D eigenvalue weighted by Crippen LogP contribution is 2.28. The Hall–Kier alpha value is -6.10. The molecule has 0 fully saturated rings. The van der Waals surface area contributed by atoms with E-state index in [9.17, 15) is 0 Å². The van der Waals surface area contributed by atoms with Gasteiger partial charge in [-0.1, -0.05) is 299 Å². The first-order chi connectivity index (χ1) is 43.9. The van der Waals surface area contributed by atoms with Crippen LogP contribution in [0.4, 0.5) is 45.5 Å². The Labute approximate surface area is 590 Å². The Morgan fingerprint density at radius 2 is 0.229 bits per heavy atom. The Kier molecular flexibility index (Phi) is 27.1. The van der Waals surface area contributed by atoms with Gasteiger partial charge in [-0.15, -0.1) is 0 Å². The summed E-state index contributed by atoms with van der Waals surface area (Å²) in [5.74, 6) is 0. The Morgan fingerprint density at radius 1 is 0.146 bits per heavy atom. The van der Waals surface area contributed by atoms with Gasteiger partial charge in [-0.2, -0.15) is 40.9 Å². The summed E-state index contributed by atoms with van der Waals surface area (Å²) in [6, 6.07) is 52.3. The van der Waals surface area contributed by atoms with Gasteiger partial charge in [0.25, 0.3) is 0 Å². The quantitative estimate of drug-likeness (QED) is 0.0680. The molecule has 0 aliphatic heterocycles. The molecule has 0 saturated heterocycles. The molecule has 0 N–H and O–H groups in total. The molecule has 8 aromatic rings. The Balaban J connectivity index is 0.000000231. The van der Waals surface area contributed by atoms with Crippen molar-refractivity contribution in [1.29, 1.82) is 0 Å². The van der Waals surface area contributed by atoms with Crippen LogP contribution < -0.4 is 41.5 Å². The average molecular weight is 1420 g/mol. The van der Waals surface area contributed by atoms with Crippen molar-refractivity contribution >= 4 is 152 Å². The maximum absolute atomic E-state index is 4.67. The fourth-order valence-electron chi connectivity index (χ4n) is 11.1. The van der Waals surface area contributed by atoms with Crippen molar-refractivity contribution in [3.05, 3.63) is 190 Å². The second kappa shape index (κ2) is 32.3. The molecule has 0 atom stereocenters. The minimum atomic E-state index is -1.45. The summed E-state index contributed by atoms with van der Waals surface area (Å²) in [7, 11) is -11.6. The number of benzene rings is 8. The first-order valence-electron chi connectivity index (χ1n) is 34.5. The van der Waals surface area contributed by atoms with Crippen LogP contribution >= 0.6 is 0 Å². The van der Waals surface area contributed by atoms with Crippen molar-refractivity contribution in [2.45, 2.75) is 213 Å². The molecule has 512 valence electrons. The topological polar surface area (TPSA) is 98.9 Å². The van der Waals surface area contributed by atoms with E-state index in [0.29, 0.717) is 0 Å². The van der Waals surface area contributed by atoms with E-state index in [4.69, 9.17) is 0 Å². The molecule has 8 aromatic carbocycles. The van der Waals surface area contributed by atoms with E-state index in [1.54, 1.807) is 0 Å². The first-order valence-corrected chi connectivity index (χ1v) is 62.5. The van der Waals surface area contributed by atoms with Crippen molar-refractivity contribution in [2.24, 2.45) is 40.9 Å². The van der Waals surface area contributed by atoms with Crippen molar-refractivity contribution in [3.8, 4) is 0 Å². The fourth-order valence-corrected chi connectivity index (χ4v) is 23.6. The number of nitrogens with zero attached hydrogens (tertiary/aromatic N) is 8. The molecule has 0 aliphatic rings. The van der Waals surface area contributed by atoms with Gasteiger partial charge in [0, 0.05) is 0 Å². The predicted molar refractivity (Wildman–Crippen MR) is 450 cm³/mol. The summed E-state index contributed by atoms with van der Waals surface area (Å²) in [5.41, 5.74) is 18.6. The number of azo groups is 4. The van der Waals surface area contributed by atoms with Gasteiger partial charge in [0.15, 0.2) is 0 Å². The van der Waals surface area contributed by atoms with Gasteiger partial charge >= 0.3 is 0 Å². The molecule has 16 heteroatoms. The van der Waals surface area contributed by atoms with Crippen molar-refractivity contribution in [1.82, 2.24) is 0 Å². The summed E-state index contributed by atoms with van der Waals surface area (Å²) in [6.07, 6.45) is 0. The highest BCUT2D eigenvalue weighted by Gasteiger charge is 2.28. The van der Waals surface area contributed by atoms with Gasteiger partial charge < -0.3 is 0 Å². The monoisotopic (exact) mass is 1420 g/mol. The zero-order valence-corrected chi connectivity index (χ0v) is 73.4. The third-order valence-corrected chi connectivity index (χ3v) is 32.9. The van der Waals surface area contributed by atoms with E-state index >= 15 is 0 Å². The molecule has 0 unspecified atom stereocenters. The third kappa shape index (κ3) is 24.1. The Morgan fingerprint density at radius 3 is 0.302 bits per heavy atom. The standard InChI is InChI=1S/4C20H30N2Si2/c4*1-15-9-11-17(19(13-15)23(3,4)5)21-22-18-12-10-16(2)14-20(18)24(6,7)8/h4*9-14H,1-8H3. The summed E-state index contributed by atoms with van der Waals surface area (Å²) in [6.45, 7) is 73.8. The van der Waals surface area contributed by atoms with E-state index in [2.05, 4.69) is 399 Å². The van der Waals surface area contributed by atoms with E-state index < -0.39 is 64.6 Å². The van der Waals surface area contributed by atoms with Gasteiger partial charge in [0.2, 0.25) is 0 Å². The van der Waals surface area contributed by atoms with Gasteiger partial charge in [0.1, 0.15) is 0 Å². The van der Waals surface area contributed by atoms with E-state index in [0.717, 1.165) is 45.5 Å². The largest absolute Gasteiger partial charge is 0.151 e. The van der Waals surface area contributed by atoms with Crippen molar-refractivity contribution in [2.75, 3.05) is 0 Å². The number of hydrogen-bond acceptors (Lipinski definition) is 8. The van der Waals surface area contributed by atoms with Crippen LogP contribution in [0.5, 0.6) is 0 Å². The minimum absolute atomic E-state index is 1.03. The number of rotatable bonds is 16. The van der Waals surface area contributed by atoms with Crippen molar-refractivity contribution < 1.29 is 0 Å². The highest BCUT2D eigenvalue weighted by molar-refractivity contribution is 6.93. The van der Waals surface area contributed by atoms with Crippen LogP contribution in [0.2, 0.25) is 157 Å². The lowest BCUT2D eigenvalue weighted by Gasteiger charge is -2.20. The molecular weight excluding hydrogens is 1300 g/mol. The van der Waals surface area contributed by atoms with E-state index in [1.165, 1.54) is 86.0 Å². The van der Waals surface area contributed by atoms with Crippen LogP contribution in [-0.2, 0) is 0 Å². The molecule has 0 spiro atoms. The van der Waals surface area contributed by atoms with Crippen LogP contribution in [0.3, 0.4) is 0 Å². The Bertz CT molecular complexity index is 3330. The molecule has 96 heavy (non-hydrogen) atoms. The molecular formula is C80H120N8Si8. The molecule has 0 heterocycles. The number of aryl methyl sites for hydroxylation is 8. The first kappa shape index (κ1) is 80.6. The van der Waals surface area contributed by atoms with E-state index in [-0.39, 0.29) is 0 Å². The molecule has 0 saturated carbocycles. The predicted octanol–water partition coefficient (Wildman–Crippen LogP) is 23.2. The molecule has 0 aromatic heterocycles. The van der Waals surface area contributed by atoms with Gasteiger partial charge in [-0.3, -0.25) is 0 Å². The van der Waals surface area contributed by atoms with Gasteiger partial charge in [-0.25, -0.2) is 0 Å². The molecule has 8 rings (SSSR count). The van der Waals surface area contributed by atoms with Crippen LogP contribution in [0, 0.1) is 55.4 Å². The molecule has 8 nitrogen and oxygen atoms in total. The summed E-state index contributed by atoms with van der Waals surface area (Å²) < 4.78 is 0. The second-order valence-electron chi connectivity index (χ2n) is 35.0. The third-order valence-electron chi connectivity index (χ3n) is 16.7. The van der Waals surface area contributed by atoms with E-state index in [1.807, 2.05) is 0 Å². The smallest absolute Gasteiger partial charge is 0.0849 e. The minimum Gasteiger partial charge on any atom is -0.151 e. The average Bonchev–Trinajstić information content (AvgIpc) is 0.851. The zero-order valence-electron chi connectivity index (χ0n) is 65.4. The van der Waals surface area contributed by atoms with Gasteiger partial charge in [0.05, 0.1) is 110 Å². The molecule has 0 amide bonds. The van der Waals surface area contributed by atoms with Crippen LogP contribution in [0.1, 0.15) is 44.5 Å². The summed E-state index contributed by atoms with van der Waals surface area (Å²) >= 11 is 0. The van der Waals surface area contributed by atoms with Crippen molar-refractivity contribution in [3.63, 3.8) is 0 Å². The lowest BCUT2D eigenvalue weighted by Crippen LogP contribution is -2.38. The van der Waals surface area contributed by atoms with Gasteiger partial charge in [-0.05, 0) is 145 Å². The second-order valence-corrected chi connectivity index (χ2v) is 75.3. The summed E-state index contributed by atoms with van der Waals surface area (Å²) in [4.78, 5) is 0. The van der Waals surface area contributed by atoms with Crippen LogP contribution in [0.25, 0.3) is 0 Å². The lowest BCUT2D eigenvalue weighted by molar-refractivity contribution is 1.23. The maximum atomic E-state index is 4.67. The van der Waals surface area contributed by atoms with Crippen LogP contribution in [-0.4, -0.2) is 64.6 Å². The lowest BCUT2D eigenvalue weighted by atomic mass is 10.2. The van der Waals surface area contributed by atoms with Crippen LogP contribution in [0.15, 0.2) is 187 Å². The SMILES string of the molecule is Cc1ccc(N=Nc2ccc(C)cc2[Si](C)(C)C)c([Si](C)(C)C)c1.Cc1ccc(N=Nc2ccc(C)cc2[Si](C)(C)C)c([Si](C)(C)C)c1.Cc1ccc(N=Nc2ccc(C)cc2[Si](C)(C)C)c([Si](C)(C)C)c1.Cc1ccc(N=Nc2ccc(C)cc2[Si](C)(C)C)c([Si](C)(C)C)c1. The molecule has 0 aliphatic carbocycles. The highest BCUT2D eigenvalue weighted by atomic mass is 28.3. The number of hydrogen-bond donors (Lipinski definition) is 0. The summed E-state index contributed by atoms with van der Waals surface area (Å²) in [5, 5.41) is 48.4. The molecule has 0 radical (unpaired) electrons. The fraction of sp³-hybridized carbons (Fsp3) is 0.400. The normalized spacial score (nSPS) is 12.8.